The fourth-order valence-corrected chi connectivity index (χ4v) is 2.44. The minimum atomic E-state index is 0.332. The lowest BCUT2D eigenvalue weighted by molar-refractivity contribution is 0.512. The Hall–Kier alpha value is -1.26. The van der Waals surface area contributed by atoms with Gasteiger partial charge in [0, 0.05) is 24.3 Å². The van der Waals surface area contributed by atoms with Crippen molar-refractivity contribution in [2.24, 2.45) is 0 Å². The number of aryl methyl sites for hydroxylation is 1. The summed E-state index contributed by atoms with van der Waals surface area (Å²) in [5.74, 6) is 0. The zero-order valence-corrected chi connectivity index (χ0v) is 11.0. The van der Waals surface area contributed by atoms with E-state index in [2.05, 4.69) is 41.3 Å². The lowest BCUT2D eigenvalue weighted by atomic mass is 10.2. The van der Waals surface area contributed by atoms with E-state index in [1.165, 1.54) is 5.56 Å². The van der Waals surface area contributed by atoms with Gasteiger partial charge in [-0.1, -0.05) is 13.0 Å². The van der Waals surface area contributed by atoms with Gasteiger partial charge in [0.2, 0.25) is 0 Å². The summed E-state index contributed by atoms with van der Waals surface area (Å²) < 4.78 is 0. The molecular formula is C13H17N3S. The lowest BCUT2D eigenvalue weighted by Crippen LogP contribution is -2.20. The first-order valence-electron chi connectivity index (χ1n) is 5.84. The van der Waals surface area contributed by atoms with Crippen LogP contribution < -0.4 is 5.32 Å². The van der Waals surface area contributed by atoms with Gasteiger partial charge in [0.05, 0.1) is 11.7 Å². The molecule has 2 heterocycles. The number of pyridine rings is 1. The van der Waals surface area contributed by atoms with Crippen LogP contribution in [-0.2, 0) is 6.54 Å². The third-order valence-electron chi connectivity index (χ3n) is 2.66. The Morgan fingerprint density at radius 3 is 2.82 bits per heavy atom. The highest BCUT2D eigenvalue weighted by atomic mass is 32.1. The Bertz CT molecular complexity index is 436. The van der Waals surface area contributed by atoms with Gasteiger partial charge in [-0.2, -0.15) is 0 Å². The Morgan fingerprint density at radius 2 is 2.24 bits per heavy atom. The smallest absolute Gasteiger partial charge is 0.109 e. The van der Waals surface area contributed by atoms with Gasteiger partial charge in [0.15, 0.2) is 0 Å². The van der Waals surface area contributed by atoms with Crippen molar-refractivity contribution >= 4 is 11.3 Å². The summed E-state index contributed by atoms with van der Waals surface area (Å²) in [6, 6.07) is 4.49. The van der Waals surface area contributed by atoms with E-state index in [1.807, 2.05) is 17.8 Å². The SMILES string of the molecule is CCC(NCc1ccc(C)cn1)c1nccs1. The predicted octanol–water partition coefficient (Wildman–Crippen LogP) is 3.09. The quantitative estimate of drug-likeness (QED) is 0.882. The second kappa shape index (κ2) is 5.89. The van der Waals surface area contributed by atoms with Gasteiger partial charge in [0.1, 0.15) is 5.01 Å². The summed E-state index contributed by atoms with van der Waals surface area (Å²) in [5, 5.41) is 6.66. The molecule has 2 aromatic rings. The average molecular weight is 247 g/mol. The number of rotatable bonds is 5. The van der Waals surface area contributed by atoms with Gasteiger partial charge in [-0.05, 0) is 25.0 Å². The van der Waals surface area contributed by atoms with Gasteiger partial charge in [-0.3, -0.25) is 4.98 Å². The van der Waals surface area contributed by atoms with E-state index >= 15 is 0 Å². The third kappa shape index (κ3) is 3.35. The Morgan fingerprint density at radius 1 is 1.35 bits per heavy atom. The van der Waals surface area contributed by atoms with Crippen LogP contribution in [0, 0.1) is 6.92 Å². The predicted molar refractivity (Wildman–Crippen MR) is 71.0 cm³/mol. The van der Waals surface area contributed by atoms with Crippen molar-refractivity contribution in [3.05, 3.63) is 46.2 Å². The molecule has 0 amide bonds. The zero-order chi connectivity index (χ0) is 12.1. The molecule has 2 aromatic heterocycles. The molecule has 0 bridgehead atoms. The Labute approximate surface area is 106 Å². The molecule has 0 aliphatic carbocycles. The van der Waals surface area contributed by atoms with E-state index in [9.17, 15) is 0 Å². The molecule has 0 fully saturated rings. The van der Waals surface area contributed by atoms with E-state index in [0.29, 0.717) is 6.04 Å². The van der Waals surface area contributed by atoms with Gasteiger partial charge < -0.3 is 5.32 Å². The van der Waals surface area contributed by atoms with Gasteiger partial charge >= 0.3 is 0 Å². The van der Waals surface area contributed by atoms with Gasteiger partial charge in [0.25, 0.3) is 0 Å². The highest BCUT2D eigenvalue weighted by Gasteiger charge is 2.10. The fraction of sp³-hybridized carbons (Fsp3) is 0.385. The third-order valence-corrected chi connectivity index (χ3v) is 3.55. The van der Waals surface area contributed by atoms with Crippen molar-refractivity contribution in [3.8, 4) is 0 Å². The van der Waals surface area contributed by atoms with Crippen LogP contribution in [0.25, 0.3) is 0 Å². The molecule has 3 nitrogen and oxygen atoms in total. The van der Waals surface area contributed by atoms with E-state index in [0.717, 1.165) is 23.7 Å². The first-order valence-corrected chi connectivity index (χ1v) is 6.72. The van der Waals surface area contributed by atoms with Crippen molar-refractivity contribution in [2.75, 3.05) is 0 Å². The van der Waals surface area contributed by atoms with E-state index in [-0.39, 0.29) is 0 Å². The first kappa shape index (κ1) is 12.2. The maximum atomic E-state index is 4.39. The number of thiazole rings is 1. The van der Waals surface area contributed by atoms with Crippen molar-refractivity contribution in [2.45, 2.75) is 32.9 Å². The molecule has 0 aliphatic heterocycles. The van der Waals surface area contributed by atoms with Crippen LogP contribution in [0.3, 0.4) is 0 Å². The molecule has 17 heavy (non-hydrogen) atoms. The summed E-state index contributed by atoms with van der Waals surface area (Å²) in [4.78, 5) is 8.74. The number of hydrogen-bond donors (Lipinski definition) is 1. The monoisotopic (exact) mass is 247 g/mol. The molecular weight excluding hydrogens is 230 g/mol. The Kier molecular flexibility index (Phi) is 4.23. The minimum Gasteiger partial charge on any atom is -0.302 e. The zero-order valence-electron chi connectivity index (χ0n) is 10.2. The maximum absolute atomic E-state index is 4.39. The summed E-state index contributed by atoms with van der Waals surface area (Å²) in [6.07, 6.45) is 4.80. The Balaban J connectivity index is 1.94. The highest BCUT2D eigenvalue weighted by Crippen LogP contribution is 2.18. The molecule has 2 rings (SSSR count). The fourth-order valence-electron chi connectivity index (χ4n) is 1.64. The number of nitrogens with one attached hydrogen (secondary N) is 1. The molecule has 0 aliphatic rings. The molecule has 0 saturated heterocycles. The van der Waals surface area contributed by atoms with Crippen LogP contribution >= 0.6 is 11.3 Å². The van der Waals surface area contributed by atoms with Gasteiger partial charge in [-0.25, -0.2) is 4.98 Å². The highest BCUT2D eigenvalue weighted by molar-refractivity contribution is 7.09. The standard InChI is InChI=1S/C13H17N3S/c1-3-12(13-14-6-7-17-13)16-9-11-5-4-10(2)8-15-11/h4-8,12,16H,3,9H2,1-2H3. The van der Waals surface area contributed by atoms with Crippen LogP contribution in [0.2, 0.25) is 0 Å². The van der Waals surface area contributed by atoms with Crippen LogP contribution in [0.15, 0.2) is 29.9 Å². The molecule has 0 aromatic carbocycles. The van der Waals surface area contributed by atoms with Crippen LogP contribution in [-0.4, -0.2) is 9.97 Å². The van der Waals surface area contributed by atoms with Crippen LogP contribution in [0.5, 0.6) is 0 Å². The minimum absolute atomic E-state index is 0.332. The molecule has 0 spiro atoms. The van der Waals surface area contributed by atoms with Crippen molar-refractivity contribution in [3.63, 3.8) is 0 Å². The lowest BCUT2D eigenvalue weighted by Gasteiger charge is -2.13. The summed E-state index contributed by atoms with van der Waals surface area (Å²) in [6.45, 7) is 5.01. The second-order valence-corrected chi connectivity index (χ2v) is 4.97. The number of aromatic nitrogens is 2. The topological polar surface area (TPSA) is 37.8 Å². The molecule has 0 saturated carbocycles. The average Bonchev–Trinajstić information content (AvgIpc) is 2.86. The number of nitrogens with zero attached hydrogens (tertiary/aromatic N) is 2. The summed E-state index contributed by atoms with van der Waals surface area (Å²) >= 11 is 1.70. The van der Waals surface area contributed by atoms with E-state index in [1.54, 1.807) is 11.3 Å². The van der Waals surface area contributed by atoms with Crippen molar-refractivity contribution in [1.29, 1.82) is 0 Å². The summed E-state index contributed by atoms with van der Waals surface area (Å²) in [5.41, 5.74) is 2.27. The maximum Gasteiger partial charge on any atom is 0.109 e. The molecule has 1 atom stereocenters. The molecule has 0 radical (unpaired) electrons. The van der Waals surface area contributed by atoms with Crippen molar-refractivity contribution in [1.82, 2.24) is 15.3 Å². The van der Waals surface area contributed by atoms with Crippen LogP contribution in [0.1, 0.15) is 35.7 Å². The molecule has 4 heteroatoms. The summed E-state index contributed by atoms with van der Waals surface area (Å²) in [7, 11) is 0. The van der Waals surface area contributed by atoms with Crippen molar-refractivity contribution < 1.29 is 0 Å². The number of hydrogen-bond acceptors (Lipinski definition) is 4. The normalized spacial score (nSPS) is 12.6. The van der Waals surface area contributed by atoms with Gasteiger partial charge in [-0.15, -0.1) is 11.3 Å². The molecule has 1 N–H and O–H groups in total. The molecule has 1 unspecified atom stereocenters. The largest absolute Gasteiger partial charge is 0.302 e. The first-order chi connectivity index (χ1) is 8.29. The second-order valence-electron chi connectivity index (χ2n) is 4.04. The van der Waals surface area contributed by atoms with E-state index in [4.69, 9.17) is 0 Å². The van der Waals surface area contributed by atoms with Crippen LogP contribution in [0.4, 0.5) is 0 Å². The van der Waals surface area contributed by atoms with E-state index < -0.39 is 0 Å². The molecule has 90 valence electrons.